The first kappa shape index (κ1) is 7.35. The molecule has 12 heavy (non-hydrogen) atoms. The van der Waals surface area contributed by atoms with Gasteiger partial charge >= 0.3 is 0 Å². The number of fused-ring (bicyclic) bond motifs is 1. The molecular formula is C6H6N4OS. The van der Waals surface area contributed by atoms with E-state index in [1.165, 1.54) is 11.0 Å². The fourth-order valence-corrected chi connectivity index (χ4v) is 1.18. The van der Waals surface area contributed by atoms with Crippen LogP contribution < -0.4 is 0 Å². The molecule has 2 rings (SSSR count). The second-order valence-corrected chi connectivity index (χ2v) is 2.77. The van der Waals surface area contributed by atoms with Crippen molar-refractivity contribution in [2.24, 2.45) is 7.05 Å². The summed E-state index contributed by atoms with van der Waals surface area (Å²) in [5.74, 6) is 0.0303. The van der Waals surface area contributed by atoms with E-state index in [1.807, 2.05) is 0 Å². The van der Waals surface area contributed by atoms with E-state index in [-0.39, 0.29) is 5.88 Å². The van der Waals surface area contributed by atoms with Gasteiger partial charge in [0.25, 0.3) is 0 Å². The molecule has 1 N–H and O–H groups in total. The molecule has 0 unspecified atom stereocenters. The molecule has 0 aromatic carbocycles. The Morgan fingerprint density at radius 2 is 2.17 bits per heavy atom. The van der Waals surface area contributed by atoms with Crippen molar-refractivity contribution in [1.29, 1.82) is 0 Å². The van der Waals surface area contributed by atoms with E-state index in [9.17, 15) is 5.11 Å². The predicted octanol–water partition coefficient (Wildman–Crippen LogP) is 0.358. The number of aromatic hydroxyl groups is 1. The van der Waals surface area contributed by atoms with Crippen molar-refractivity contribution in [2.45, 2.75) is 5.03 Å². The van der Waals surface area contributed by atoms with Gasteiger partial charge in [-0.05, 0) is 0 Å². The van der Waals surface area contributed by atoms with Gasteiger partial charge in [-0.25, -0.2) is 14.6 Å². The third kappa shape index (κ3) is 0.845. The van der Waals surface area contributed by atoms with E-state index in [2.05, 4.69) is 27.7 Å². The second-order valence-electron chi connectivity index (χ2n) is 2.34. The second kappa shape index (κ2) is 2.34. The van der Waals surface area contributed by atoms with Crippen molar-refractivity contribution < 1.29 is 5.11 Å². The van der Waals surface area contributed by atoms with Gasteiger partial charge in [0.05, 0.1) is 0 Å². The zero-order chi connectivity index (χ0) is 8.72. The summed E-state index contributed by atoms with van der Waals surface area (Å²) < 4.78 is 1.33. The van der Waals surface area contributed by atoms with Crippen molar-refractivity contribution in [3.05, 3.63) is 6.33 Å². The topological polar surface area (TPSA) is 63.8 Å². The quantitative estimate of drug-likeness (QED) is 0.456. The minimum Gasteiger partial charge on any atom is -0.492 e. The van der Waals surface area contributed by atoms with Crippen LogP contribution in [-0.2, 0) is 7.05 Å². The summed E-state index contributed by atoms with van der Waals surface area (Å²) in [7, 11) is 1.63. The maximum Gasteiger partial charge on any atom is 0.236 e. The number of thiol groups is 1. The lowest BCUT2D eigenvalue weighted by Crippen LogP contribution is -1.87. The van der Waals surface area contributed by atoms with Crippen LogP contribution in [0.2, 0.25) is 0 Å². The summed E-state index contributed by atoms with van der Waals surface area (Å²) in [6.07, 6.45) is 1.34. The third-order valence-electron chi connectivity index (χ3n) is 1.57. The Kier molecular flexibility index (Phi) is 1.44. The SMILES string of the molecule is Cn1nc2c(S)ncnc2c1O. The Labute approximate surface area is 73.5 Å². The number of hydrogen-bond donors (Lipinski definition) is 2. The van der Waals surface area contributed by atoms with Gasteiger partial charge in [-0.2, -0.15) is 5.10 Å². The highest BCUT2D eigenvalue weighted by molar-refractivity contribution is 7.80. The summed E-state index contributed by atoms with van der Waals surface area (Å²) >= 11 is 4.07. The molecule has 2 heterocycles. The molecule has 0 saturated carbocycles. The van der Waals surface area contributed by atoms with Crippen molar-refractivity contribution in [3.8, 4) is 5.88 Å². The Bertz CT molecular complexity index is 438. The van der Waals surface area contributed by atoms with Gasteiger partial charge in [0.15, 0.2) is 5.52 Å². The van der Waals surface area contributed by atoms with Crippen LogP contribution in [0.4, 0.5) is 0 Å². The number of hydrogen-bond acceptors (Lipinski definition) is 5. The number of aromatic nitrogens is 4. The third-order valence-corrected chi connectivity index (χ3v) is 1.90. The van der Waals surface area contributed by atoms with E-state index in [0.29, 0.717) is 16.1 Å². The van der Waals surface area contributed by atoms with Crippen LogP contribution >= 0.6 is 12.6 Å². The van der Waals surface area contributed by atoms with Gasteiger partial charge < -0.3 is 5.11 Å². The molecule has 0 aliphatic carbocycles. The molecule has 0 bridgehead atoms. The van der Waals surface area contributed by atoms with E-state index < -0.39 is 0 Å². The van der Waals surface area contributed by atoms with Crippen molar-refractivity contribution in [2.75, 3.05) is 0 Å². The molecule has 0 aliphatic heterocycles. The van der Waals surface area contributed by atoms with Crippen LogP contribution in [0.1, 0.15) is 0 Å². The summed E-state index contributed by atoms with van der Waals surface area (Å²) in [6, 6.07) is 0. The molecule has 0 atom stereocenters. The highest BCUT2D eigenvalue weighted by Gasteiger charge is 2.10. The smallest absolute Gasteiger partial charge is 0.236 e. The number of rotatable bonds is 0. The Hall–Kier alpha value is -1.30. The minimum absolute atomic E-state index is 0.0303. The highest BCUT2D eigenvalue weighted by Crippen LogP contribution is 2.23. The molecule has 0 aliphatic rings. The average molecular weight is 182 g/mol. The number of aryl methyl sites for hydroxylation is 1. The lowest BCUT2D eigenvalue weighted by molar-refractivity contribution is 0.423. The van der Waals surface area contributed by atoms with Crippen molar-refractivity contribution >= 4 is 23.7 Å². The fraction of sp³-hybridized carbons (Fsp3) is 0.167. The lowest BCUT2D eigenvalue weighted by Gasteiger charge is -1.89. The number of nitrogens with zero attached hydrogens (tertiary/aromatic N) is 4. The molecule has 2 aromatic rings. The van der Waals surface area contributed by atoms with Gasteiger partial charge in [0, 0.05) is 7.05 Å². The maximum atomic E-state index is 9.40. The van der Waals surface area contributed by atoms with Crippen LogP contribution in [0.3, 0.4) is 0 Å². The van der Waals surface area contributed by atoms with Gasteiger partial charge in [0.2, 0.25) is 5.88 Å². The van der Waals surface area contributed by atoms with Crippen LogP contribution in [0, 0.1) is 0 Å². The molecule has 62 valence electrons. The fourth-order valence-electron chi connectivity index (χ4n) is 0.976. The molecule has 0 saturated heterocycles. The van der Waals surface area contributed by atoms with Crippen molar-refractivity contribution in [1.82, 2.24) is 19.7 Å². The summed E-state index contributed by atoms with van der Waals surface area (Å²) in [6.45, 7) is 0. The minimum atomic E-state index is 0.0303. The first-order chi connectivity index (χ1) is 5.70. The van der Waals surface area contributed by atoms with Gasteiger partial charge in [-0.3, -0.25) is 0 Å². The molecule has 2 aromatic heterocycles. The maximum absolute atomic E-state index is 9.40. The molecule has 6 heteroatoms. The monoisotopic (exact) mass is 182 g/mol. The van der Waals surface area contributed by atoms with E-state index in [1.54, 1.807) is 7.05 Å². The van der Waals surface area contributed by atoms with E-state index in [4.69, 9.17) is 0 Å². The largest absolute Gasteiger partial charge is 0.492 e. The molecule has 0 spiro atoms. The normalized spacial score (nSPS) is 10.8. The highest BCUT2D eigenvalue weighted by atomic mass is 32.1. The van der Waals surface area contributed by atoms with Gasteiger partial charge in [-0.15, -0.1) is 12.6 Å². The summed E-state index contributed by atoms with van der Waals surface area (Å²) in [5.41, 5.74) is 0.943. The van der Waals surface area contributed by atoms with E-state index >= 15 is 0 Å². The van der Waals surface area contributed by atoms with Crippen LogP contribution in [0.5, 0.6) is 5.88 Å². The zero-order valence-corrected chi connectivity index (χ0v) is 7.16. The standard InChI is InChI=1S/C6H6N4OS/c1-10-6(11)4-3(9-10)5(12)8-2-7-4/h2,11H,1H3,(H,7,8,12). The molecule has 0 radical (unpaired) electrons. The van der Waals surface area contributed by atoms with Crippen LogP contribution in [0.25, 0.3) is 11.0 Å². The van der Waals surface area contributed by atoms with Crippen molar-refractivity contribution in [3.63, 3.8) is 0 Å². The van der Waals surface area contributed by atoms with Crippen LogP contribution in [-0.4, -0.2) is 24.9 Å². The summed E-state index contributed by atoms with van der Waals surface area (Å²) in [5, 5.41) is 13.8. The predicted molar refractivity (Wildman–Crippen MR) is 45.2 cm³/mol. The molecule has 5 nitrogen and oxygen atoms in total. The Balaban J connectivity index is 2.95. The van der Waals surface area contributed by atoms with Gasteiger partial charge in [0.1, 0.15) is 16.9 Å². The molecule has 0 fully saturated rings. The molecule has 0 amide bonds. The Morgan fingerprint density at radius 3 is 2.83 bits per heavy atom. The first-order valence-corrected chi connectivity index (χ1v) is 3.70. The average Bonchev–Trinajstić information content (AvgIpc) is 2.32. The first-order valence-electron chi connectivity index (χ1n) is 3.26. The summed E-state index contributed by atoms with van der Waals surface area (Å²) in [4.78, 5) is 7.70. The molecular weight excluding hydrogens is 176 g/mol. The van der Waals surface area contributed by atoms with Crippen LogP contribution in [0.15, 0.2) is 11.4 Å². The van der Waals surface area contributed by atoms with E-state index in [0.717, 1.165) is 0 Å². The lowest BCUT2D eigenvalue weighted by atomic mass is 10.5. The van der Waals surface area contributed by atoms with Gasteiger partial charge in [-0.1, -0.05) is 0 Å². The zero-order valence-electron chi connectivity index (χ0n) is 6.26. The Morgan fingerprint density at radius 1 is 1.42 bits per heavy atom.